The molecular formula is C11H20O4. The van der Waals surface area contributed by atoms with Gasteiger partial charge in [0.2, 0.25) is 0 Å². The van der Waals surface area contributed by atoms with Gasteiger partial charge >= 0.3 is 11.9 Å². The molecule has 0 heterocycles. The van der Waals surface area contributed by atoms with Gasteiger partial charge in [-0.05, 0) is 26.2 Å². The van der Waals surface area contributed by atoms with Gasteiger partial charge in [0.15, 0.2) is 0 Å². The van der Waals surface area contributed by atoms with Crippen LogP contribution in [0.2, 0.25) is 0 Å². The summed E-state index contributed by atoms with van der Waals surface area (Å²) in [6, 6.07) is 0. The van der Waals surface area contributed by atoms with Crippen LogP contribution >= 0.6 is 0 Å². The lowest BCUT2D eigenvalue weighted by molar-refractivity contribution is -0.144. The van der Waals surface area contributed by atoms with E-state index in [0.29, 0.717) is 38.9 Å². The van der Waals surface area contributed by atoms with Gasteiger partial charge in [-0.25, -0.2) is 0 Å². The van der Waals surface area contributed by atoms with Gasteiger partial charge < -0.3 is 9.47 Å². The summed E-state index contributed by atoms with van der Waals surface area (Å²) in [6.07, 6.45) is 3.10. The van der Waals surface area contributed by atoms with E-state index in [1.165, 1.54) is 0 Å². The lowest BCUT2D eigenvalue weighted by Crippen LogP contribution is -2.07. The smallest absolute Gasteiger partial charge is 0.305 e. The van der Waals surface area contributed by atoms with Gasteiger partial charge in [-0.1, -0.05) is 6.92 Å². The second-order valence-electron chi connectivity index (χ2n) is 3.23. The van der Waals surface area contributed by atoms with Crippen LogP contribution in [0.3, 0.4) is 0 Å². The number of hydrogen-bond acceptors (Lipinski definition) is 4. The summed E-state index contributed by atoms with van der Waals surface area (Å²) in [5, 5.41) is 0. The number of esters is 2. The molecule has 0 saturated carbocycles. The first-order chi connectivity index (χ1) is 7.20. The Balaban J connectivity index is 3.24. The molecule has 0 bridgehead atoms. The average Bonchev–Trinajstić information content (AvgIpc) is 2.18. The molecule has 0 unspecified atom stereocenters. The Morgan fingerprint density at radius 3 is 2.20 bits per heavy atom. The van der Waals surface area contributed by atoms with Crippen molar-refractivity contribution < 1.29 is 19.1 Å². The van der Waals surface area contributed by atoms with E-state index in [4.69, 9.17) is 9.47 Å². The highest BCUT2D eigenvalue weighted by Crippen LogP contribution is 1.99. The van der Waals surface area contributed by atoms with Crippen LogP contribution in [-0.2, 0) is 19.1 Å². The predicted molar refractivity (Wildman–Crippen MR) is 56.4 cm³/mol. The van der Waals surface area contributed by atoms with Crippen LogP contribution in [0.25, 0.3) is 0 Å². The third-order valence-corrected chi connectivity index (χ3v) is 1.80. The van der Waals surface area contributed by atoms with Gasteiger partial charge in [0.25, 0.3) is 0 Å². The highest BCUT2D eigenvalue weighted by atomic mass is 16.5. The Morgan fingerprint density at radius 1 is 0.933 bits per heavy atom. The largest absolute Gasteiger partial charge is 0.466 e. The monoisotopic (exact) mass is 216 g/mol. The summed E-state index contributed by atoms with van der Waals surface area (Å²) in [4.78, 5) is 21.8. The standard InChI is InChI=1S/C11H20O4/c1-3-7-10(12)15-9-6-5-8-11(13)14-4-2/h3-9H2,1-2H3. The summed E-state index contributed by atoms with van der Waals surface area (Å²) in [6.45, 7) is 4.54. The second-order valence-corrected chi connectivity index (χ2v) is 3.23. The quantitative estimate of drug-likeness (QED) is 0.460. The topological polar surface area (TPSA) is 52.6 Å². The summed E-state index contributed by atoms with van der Waals surface area (Å²) in [7, 11) is 0. The molecule has 0 aliphatic heterocycles. The Morgan fingerprint density at radius 2 is 1.60 bits per heavy atom. The fraction of sp³-hybridized carbons (Fsp3) is 0.818. The Kier molecular flexibility index (Phi) is 8.82. The van der Waals surface area contributed by atoms with E-state index in [0.717, 1.165) is 6.42 Å². The lowest BCUT2D eigenvalue weighted by atomic mass is 10.2. The maximum Gasteiger partial charge on any atom is 0.305 e. The summed E-state index contributed by atoms with van der Waals surface area (Å²) < 4.78 is 9.69. The molecule has 0 saturated heterocycles. The van der Waals surface area contributed by atoms with Crippen molar-refractivity contribution in [1.82, 2.24) is 0 Å². The highest BCUT2D eigenvalue weighted by molar-refractivity contribution is 5.69. The predicted octanol–water partition coefficient (Wildman–Crippen LogP) is 2.06. The molecule has 0 aromatic rings. The summed E-state index contributed by atoms with van der Waals surface area (Å²) >= 11 is 0. The zero-order chi connectivity index (χ0) is 11.5. The lowest BCUT2D eigenvalue weighted by Gasteiger charge is -2.03. The number of ether oxygens (including phenoxy) is 2. The van der Waals surface area contributed by atoms with E-state index < -0.39 is 0 Å². The minimum atomic E-state index is -0.183. The number of rotatable bonds is 8. The number of carbonyl (C=O) groups is 2. The number of hydrogen-bond donors (Lipinski definition) is 0. The van der Waals surface area contributed by atoms with Crippen LogP contribution in [0.4, 0.5) is 0 Å². The van der Waals surface area contributed by atoms with Crippen LogP contribution in [0, 0.1) is 0 Å². The van der Waals surface area contributed by atoms with Crippen molar-refractivity contribution in [2.24, 2.45) is 0 Å². The van der Waals surface area contributed by atoms with Crippen LogP contribution in [0.15, 0.2) is 0 Å². The van der Waals surface area contributed by atoms with Gasteiger partial charge in [0.1, 0.15) is 0 Å². The molecule has 0 aromatic heterocycles. The first-order valence-corrected chi connectivity index (χ1v) is 5.52. The molecule has 4 heteroatoms. The van der Waals surface area contributed by atoms with Crippen molar-refractivity contribution in [3.8, 4) is 0 Å². The van der Waals surface area contributed by atoms with Crippen LogP contribution in [-0.4, -0.2) is 25.2 Å². The SMILES string of the molecule is CCCC(=O)OCCCCC(=O)OCC. The maximum atomic E-state index is 10.9. The van der Waals surface area contributed by atoms with E-state index in [2.05, 4.69) is 0 Å². The maximum absolute atomic E-state index is 10.9. The molecule has 0 aromatic carbocycles. The molecule has 4 nitrogen and oxygen atoms in total. The summed E-state index contributed by atoms with van der Waals surface area (Å²) in [5.74, 6) is -0.342. The molecule has 88 valence electrons. The van der Waals surface area contributed by atoms with Gasteiger partial charge in [-0.3, -0.25) is 9.59 Å². The van der Waals surface area contributed by atoms with E-state index in [9.17, 15) is 9.59 Å². The minimum absolute atomic E-state index is 0.159. The van der Waals surface area contributed by atoms with Gasteiger partial charge in [0, 0.05) is 12.8 Å². The van der Waals surface area contributed by atoms with Crippen molar-refractivity contribution in [2.45, 2.75) is 46.0 Å². The minimum Gasteiger partial charge on any atom is -0.466 e. The van der Waals surface area contributed by atoms with Gasteiger partial charge in [-0.2, -0.15) is 0 Å². The fourth-order valence-electron chi connectivity index (χ4n) is 1.07. The van der Waals surface area contributed by atoms with E-state index >= 15 is 0 Å². The molecule has 15 heavy (non-hydrogen) atoms. The van der Waals surface area contributed by atoms with Gasteiger partial charge in [0.05, 0.1) is 13.2 Å². The van der Waals surface area contributed by atoms with Crippen LogP contribution in [0.5, 0.6) is 0 Å². The molecule has 0 aliphatic carbocycles. The van der Waals surface area contributed by atoms with E-state index in [-0.39, 0.29) is 11.9 Å². The van der Waals surface area contributed by atoms with Crippen LogP contribution in [0.1, 0.15) is 46.0 Å². The van der Waals surface area contributed by atoms with E-state index in [1.807, 2.05) is 6.92 Å². The fourth-order valence-corrected chi connectivity index (χ4v) is 1.07. The molecule has 0 amide bonds. The molecule has 0 aliphatic rings. The van der Waals surface area contributed by atoms with Crippen molar-refractivity contribution in [3.05, 3.63) is 0 Å². The first-order valence-electron chi connectivity index (χ1n) is 5.52. The average molecular weight is 216 g/mol. The molecule has 0 atom stereocenters. The molecule has 0 radical (unpaired) electrons. The normalized spacial score (nSPS) is 9.73. The number of carbonyl (C=O) groups excluding carboxylic acids is 2. The molecule has 0 spiro atoms. The third-order valence-electron chi connectivity index (χ3n) is 1.80. The zero-order valence-electron chi connectivity index (χ0n) is 9.58. The molecular weight excluding hydrogens is 196 g/mol. The van der Waals surface area contributed by atoms with Crippen molar-refractivity contribution in [3.63, 3.8) is 0 Å². The van der Waals surface area contributed by atoms with E-state index in [1.54, 1.807) is 6.92 Å². The number of unbranched alkanes of at least 4 members (excludes halogenated alkanes) is 1. The Labute approximate surface area is 90.9 Å². The second kappa shape index (κ2) is 9.49. The Hall–Kier alpha value is -1.06. The first kappa shape index (κ1) is 13.9. The molecule has 0 N–H and O–H groups in total. The highest BCUT2D eigenvalue weighted by Gasteiger charge is 2.02. The third kappa shape index (κ3) is 9.25. The van der Waals surface area contributed by atoms with Crippen molar-refractivity contribution in [1.29, 1.82) is 0 Å². The van der Waals surface area contributed by atoms with Crippen molar-refractivity contribution in [2.75, 3.05) is 13.2 Å². The summed E-state index contributed by atoms with van der Waals surface area (Å²) in [5.41, 5.74) is 0. The van der Waals surface area contributed by atoms with Gasteiger partial charge in [-0.15, -0.1) is 0 Å². The molecule has 0 rings (SSSR count). The van der Waals surface area contributed by atoms with Crippen molar-refractivity contribution >= 4 is 11.9 Å². The zero-order valence-corrected chi connectivity index (χ0v) is 9.58. The van der Waals surface area contributed by atoms with Crippen LogP contribution < -0.4 is 0 Å². The molecule has 0 fully saturated rings. The Bertz CT molecular complexity index is 169.